The Hall–Kier alpha value is -0.930. The predicted molar refractivity (Wildman–Crippen MR) is 52.2 cm³/mol. The molecule has 0 aliphatic carbocycles. The van der Waals surface area contributed by atoms with Crippen LogP contribution < -0.4 is 11.1 Å². The van der Waals surface area contributed by atoms with Crippen LogP contribution in [0.2, 0.25) is 0 Å². The van der Waals surface area contributed by atoms with Crippen molar-refractivity contribution in [2.45, 2.75) is 18.4 Å². The molecule has 1 aliphatic heterocycles. The molecule has 0 saturated carbocycles. The van der Waals surface area contributed by atoms with Gasteiger partial charge in [0.1, 0.15) is 0 Å². The van der Waals surface area contributed by atoms with Crippen LogP contribution in [0.3, 0.4) is 0 Å². The molecule has 3 heteroatoms. The van der Waals surface area contributed by atoms with Crippen molar-refractivity contribution in [3.8, 4) is 0 Å². The van der Waals surface area contributed by atoms with Crippen LogP contribution in [-0.2, 0) is 5.54 Å². The van der Waals surface area contributed by atoms with Gasteiger partial charge in [0.15, 0.2) is 0 Å². The van der Waals surface area contributed by atoms with E-state index in [1.807, 2.05) is 24.5 Å². The van der Waals surface area contributed by atoms with E-state index in [9.17, 15) is 0 Å². The van der Waals surface area contributed by atoms with Crippen molar-refractivity contribution < 1.29 is 0 Å². The van der Waals surface area contributed by atoms with Gasteiger partial charge in [-0.3, -0.25) is 4.98 Å². The van der Waals surface area contributed by atoms with Crippen LogP contribution in [0.1, 0.15) is 18.4 Å². The number of aromatic nitrogens is 1. The number of rotatable bonds is 2. The van der Waals surface area contributed by atoms with Crippen LogP contribution in [0.4, 0.5) is 0 Å². The maximum absolute atomic E-state index is 5.82. The van der Waals surface area contributed by atoms with Gasteiger partial charge in [-0.25, -0.2) is 0 Å². The highest BCUT2D eigenvalue weighted by Crippen LogP contribution is 2.28. The zero-order valence-corrected chi connectivity index (χ0v) is 7.66. The lowest BCUT2D eigenvalue weighted by molar-refractivity contribution is 0.401. The zero-order chi connectivity index (χ0) is 9.15. The van der Waals surface area contributed by atoms with Crippen LogP contribution in [-0.4, -0.2) is 18.1 Å². The summed E-state index contributed by atoms with van der Waals surface area (Å²) in [4.78, 5) is 4.01. The normalized spacial score (nSPS) is 27.8. The second kappa shape index (κ2) is 3.44. The Kier molecular flexibility index (Phi) is 2.29. The molecule has 70 valence electrons. The summed E-state index contributed by atoms with van der Waals surface area (Å²) >= 11 is 0. The summed E-state index contributed by atoms with van der Waals surface area (Å²) in [5.74, 6) is 0. The minimum atomic E-state index is 0.0168. The number of nitrogens with two attached hydrogens (primary N) is 1. The molecule has 1 atom stereocenters. The fourth-order valence-corrected chi connectivity index (χ4v) is 2.02. The highest BCUT2D eigenvalue weighted by atomic mass is 15.0. The van der Waals surface area contributed by atoms with E-state index in [2.05, 4.69) is 10.3 Å². The van der Waals surface area contributed by atoms with Crippen molar-refractivity contribution in [1.82, 2.24) is 10.3 Å². The monoisotopic (exact) mass is 177 g/mol. The molecule has 2 heterocycles. The molecule has 1 aromatic rings. The predicted octanol–water partition coefficient (Wildman–Crippen LogP) is 0.619. The van der Waals surface area contributed by atoms with Gasteiger partial charge in [0, 0.05) is 18.9 Å². The Morgan fingerprint density at radius 2 is 2.23 bits per heavy atom. The zero-order valence-electron chi connectivity index (χ0n) is 7.66. The topological polar surface area (TPSA) is 50.9 Å². The van der Waals surface area contributed by atoms with E-state index in [0.29, 0.717) is 6.54 Å². The lowest BCUT2D eigenvalue weighted by Gasteiger charge is -2.28. The molecular weight excluding hydrogens is 162 g/mol. The van der Waals surface area contributed by atoms with Gasteiger partial charge in [-0.2, -0.15) is 0 Å². The Morgan fingerprint density at radius 1 is 1.46 bits per heavy atom. The number of hydrogen-bond acceptors (Lipinski definition) is 3. The van der Waals surface area contributed by atoms with Gasteiger partial charge in [-0.05, 0) is 37.1 Å². The first-order chi connectivity index (χ1) is 6.37. The number of nitrogens with one attached hydrogen (secondary N) is 1. The maximum atomic E-state index is 5.82. The number of pyridine rings is 1. The summed E-state index contributed by atoms with van der Waals surface area (Å²) in [5.41, 5.74) is 7.10. The van der Waals surface area contributed by atoms with Gasteiger partial charge in [0.05, 0.1) is 5.54 Å². The van der Waals surface area contributed by atoms with E-state index in [1.165, 1.54) is 12.0 Å². The first-order valence-electron chi connectivity index (χ1n) is 4.73. The second-order valence-corrected chi connectivity index (χ2v) is 3.55. The molecule has 0 spiro atoms. The summed E-state index contributed by atoms with van der Waals surface area (Å²) in [6.45, 7) is 1.73. The standard InChI is InChI=1S/C10H15N3/c11-8-10(4-1-5-13-10)9-2-6-12-7-3-9/h2-3,6-7,13H,1,4-5,8,11H2. The van der Waals surface area contributed by atoms with Crippen LogP contribution in [0.25, 0.3) is 0 Å². The third-order valence-electron chi connectivity index (χ3n) is 2.83. The van der Waals surface area contributed by atoms with Crippen LogP contribution in [0.15, 0.2) is 24.5 Å². The summed E-state index contributed by atoms with van der Waals surface area (Å²) in [6.07, 6.45) is 5.99. The van der Waals surface area contributed by atoms with Crippen molar-refractivity contribution in [1.29, 1.82) is 0 Å². The maximum Gasteiger partial charge on any atom is 0.0560 e. The lowest BCUT2D eigenvalue weighted by atomic mass is 9.89. The Labute approximate surface area is 78.4 Å². The van der Waals surface area contributed by atoms with Crippen molar-refractivity contribution in [3.05, 3.63) is 30.1 Å². The largest absolute Gasteiger partial charge is 0.328 e. The number of hydrogen-bond donors (Lipinski definition) is 2. The lowest BCUT2D eigenvalue weighted by Crippen LogP contribution is -2.43. The van der Waals surface area contributed by atoms with Gasteiger partial charge in [-0.1, -0.05) is 0 Å². The molecule has 1 saturated heterocycles. The SMILES string of the molecule is NCC1(c2ccncc2)CCCN1. The molecule has 0 amide bonds. The van der Waals surface area contributed by atoms with Gasteiger partial charge in [0.2, 0.25) is 0 Å². The minimum absolute atomic E-state index is 0.0168. The molecular formula is C10H15N3. The third-order valence-corrected chi connectivity index (χ3v) is 2.83. The van der Waals surface area contributed by atoms with E-state index >= 15 is 0 Å². The van der Waals surface area contributed by atoms with Crippen molar-refractivity contribution in [2.24, 2.45) is 5.73 Å². The van der Waals surface area contributed by atoms with Crippen LogP contribution in [0, 0.1) is 0 Å². The molecule has 3 N–H and O–H groups in total. The Bertz CT molecular complexity index is 265. The molecule has 2 rings (SSSR count). The molecule has 1 unspecified atom stereocenters. The minimum Gasteiger partial charge on any atom is -0.328 e. The first kappa shape index (κ1) is 8.66. The van der Waals surface area contributed by atoms with E-state index in [1.54, 1.807) is 0 Å². The summed E-state index contributed by atoms with van der Waals surface area (Å²) in [5, 5.41) is 3.48. The van der Waals surface area contributed by atoms with Gasteiger partial charge >= 0.3 is 0 Å². The van der Waals surface area contributed by atoms with Crippen molar-refractivity contribution in [3.63, 3.8) is 0 Å². The van der Waals surface area contributed by atoms with Gasteiger partial charge < -0.3 is 11.1 Å². The van der Waals surface area contributed by atoms with Crippen LogP contribution in [0.5, 0.6) is 0 Å². The summed E-state index contributed by atoms with van der Waals surface area (Å²) in [6, 6.07) is 4.09. The average molecular weight is 177 g/mol. The van der Waals surface area contributed by atoms with Gasteiger partial charge in [-0.15, -0.1) is 0 Å². The first-order valence-corrected chi connectivity index (χ1v) is 4.73. The fraction of sp³-hybridized carbons (Fsp3) is 0.500. The molecule has 13 heavy (non-hydrogen) atoms. The molecule has 3 nitrogen and oxygen atoms in total. The van der Waals surface area contributed by atoms with Gasteiger partial charge in [0.25, 0.3) is 0 Å². The van der Waals surface area contributed by atoms with E-state index in [-0.39, 0.29) is 5.54 Å². The average Bonchev–Trinajstić information content (AvgIpc) is 2.69. The fourth-order valence-electron chi connectivity index (χ4n) is 2.02. The van der Waals surface area contributed by atoms with Crippen molar-refractivity contribution >= 4 is 0 Å². The van der Waals surface area contributed by atoms with E-state index in [4.69, 9.17) is 5.73 Å². The Morgan fingerprint density at radius 3 is 2.77 bits per heavy atom. The van der Waals surface area contributed by atoms with Crippen LogP contribution >= 0.6 is 0 Å². The molecule has 1 fully saturated rings. The molecule has 0 radical (unpaired) electrons. The molecule has 0 bridgehead atoms. The number of nitrogens with zero attached hydrogens (tertiary/aromatic N) is 1. The molecule has 1 aliphatic rings. The summed E-state index contributed by atoms with van der Waals surface area (Å²) in [7, 11) is 0. The highest BCUT2D eigenvalue weighted by Gasteiger charge is 2.33. The molecule has 0 aromatic carbocycles. The highest BCUT2D eigenvalue weighted by molar-refractivity contribution is 5.23. The van der Waals surface area contributed by atoms with E-state index in [0.717, 1.165) is 13.0 Å². The second-order valence-electron chi connectivity index (χ2n) is 3.55. The van der Waals surface area contributed by atoms with E-state index < -0.39 is 0 Å². The molecule has 1 aromatic heterocycles. The third kappa shape index (κ3) is 1.45. The Balaban J connectivity index is 2.31. The quantitative estimate of drug-likeness (QED) is 0.696. The van der Waals surface area contributed by atoms with Crippen molar-refractivity contribution in [2.75, 3.05) is 13.1 Å². The summed E-state index contributed by atoms with van der Waals surface area (Å²) < 4.78 is 0. The smallest absolute Gasteiger partial charge is 0.0560 e.